The average Bonchev–Trinajstić information content (AvgIpc) is 3.04. The highest BCUT2D eigenvalue weighted by Crippen LogP contribution is 2.18. The molecule has 0 saturated carbocycles. The normalized spacial score (nSPS) is 12.2. The molecule has 0 fully saturated rings. The lowest BCUT2D eigenvalue weighted by Crippen LogP contribution is -2.19. The minimum Gasteiger partial charge on any atom is -0.481 e. The van der Waals surface area contributed by atoms with Crippen LogP contribution in [0.1, 0.15) is 239 Å². The van der Waals surface area contributed by atoms with Crippen molar-refractivity contribution in [3.8, 4) is 0 Å². The van der Waals surface area contributed by atoms with Crippen LogP contribution in [0.15, 0.2) is 12.2 Å². The molecule has 0 aromatic heterocycles. The first-order chi connectivity index (χ1) is 22.6. The van der Waals surface area contributed by atoms with Gasteiger partial charge in [0.25, 0.3) is 0 Å². The molecule has 272 valence electrons. The number of carbonyl (C=O) groups excluding carboxylic acids is 1. The van der Waals surface area contributed by atoms with Crippen LogP contribution in [-0.2, 0) is 14.3 Å². The number of unbranched alkanes of at least 4 members (excludes halogenated alkanes) is 28. The second-order valence-corrected chi connectivity index (χ2v) is 14.2. The fourth-order valence-electron chi connectivity index (χ4n) is 6.41. The van der Waals surface area contributed by atoms with E-state index >= 15 is 0 Å². The molecular formula is C42H80O4. The number of ether oxygens (including phenoxy) is 1. The van der Waals surface area contributed by atoms with E-state index in [-0.39, 0.29) is 18.5 Å². The van der Waals surface area contributed by atoms with Gasteiger partial charge in [0.2, 0.25) is 0 Å². The topological polar surface area (TPSA) is 63.6 Å². The van der Waals surface area contributed by atoms with Crippen molar-refractivity contribution in [3.63, 3.8) is 0 Å². The number of carboxylic acids is 1. The lowest BCUT2D eigenvalue weighted by molar-refractivity contribution is -0.151. The van der Waals surface area contributed by atoms with Gasteiger partial charge >= 0.3 is 11.9 Å². The van der Waals surface area contributed by atoms with Crippen molar-refractivity contribution in [1.29, 1.82) is 0 Å². The van der Waals surface area contributed by atoms with Crippen molar-refractivity contribution in [2.45, 2.75) is 245 Å². The van der Waals surface area contributed by atoms with Gasteiger partial charge in [-0.1, -0.05) is 187 Å². The number of hydrogen-bond donors (Lipinski definition) is 1. The first-order valence-electron chi connectivity index (χ1n) is 20.7. The molecule has 1 atom stereocenters. The van der Waals surface area contributed by atoms with Crippen LogP contribution in [0.2, 0.25) is 0 Å². The zero-order valence-electron chi connectivity index (χ0n) is 31.2. The largest absolute Gasteiger partial charge is 0.481 e. The summed E-state index contributed by atoms with van der Waals surface area (Å²) in [5.41, 5.74) is 0. The van der Waals surface area contributed by atoms with Crippen molar-refractivity contribution < 1.29 is 19.4 Å². The van der Waals surface area contributed by atoms with Crippen molar-refractivity contribution in [2.75, 3.05) is 0 Å². The third-order valence-corrected chi connectivity index (χ3v) is 9.50. The van der Waals surface area contributed by atoms with E-state index < -0.39 is 5.97 Å². The van der Waals surface area contributed by atoms with Gasteiger partial charge in [-0.25, -0.2) is 0 Å². The Labute approximate surface area is 287 Å². The molecule has 0 rings (SSSR count). The predicted octanol–water partition coefficient (Wildman–Crippen LogP) is 14.2. The highest BCUT2D eigenvalue weighted by molar-refractivity contribution is 5.69. The number of esters is 1. The molecule has 0 aliphatic heterocycles. The first kappa shape index (κ1) is 44.7. The van der Waals surface area contributed by atoms with Crippen LogP contribution in [0.3, 0.4) is 0 Å². The van der Waals surface area contributed by atoms with Gasteiger partial charge in [-0.15, -0.1) is 0 Å². The predicted molar refractivity (Wildman–Crippen MR) is 200 cm³/mol. The van der Waals surface area contributed by atoms with E-state index in [4.69, 9.17) is 9.84 Å². The molecule has 0 bridgehead atoms. The molecule has 0 aliphatic carbocycles. The molecule has 46 heavy (non-hydrogen) atoms. The first-order valence-corrected chi connectivity index (χ1v) is 20.7. The van der Waals surface area contributed by atoms with Gasteiger partial charge in [0, 0.05) is 12.8 Å². The van der Waals surface area contributed by atoms with E-state index in [1.807, 2.05) is 0 Å². The van der Waals surface area contributed by atoms with Crippen LogP contribution in [0.4, 0.5) is 0 Å². The van der Waals surface area contributed by atoms with E-state index in [1.54, 1.807) is 0 Å². The minimum absolute atomic E-state index is 0.0738. The summed E-state index contributed by atoms with van der Waals surface area (Å²) in [6.07, 6.45) is 46.6. The molecule has 0 aromatic carbocycles. The standard InChI is InChI=1S/C42H80O4/c1-3-5-7-9-11-13-15-17-19-20-21-23-24-26-28-30-32-34-36-40(38-39-41(43)44)46-42(45)37-35-33-31-29-27-25-22-18-16-14-12-10-8-6-4-2/h18,22,40H,3-17,19-21,23-39H2,1-2H3,(H,43,44)/b22-18-. The lowest BCUT2D eigenvalue weighted by atomic mass is 10.0. The van der Waals surface area contributed by atoms with E-state index in [9.17, 15) is 9.59 Å². The summed E-state index contributed by atoms with van der Waals surface area (Å²) in [5.74, 6) is -0.952. The molecule has 1 N–H and O–H groups in total. The minimum atomic E-state index is -0.809. The summed E-state index contributed by atoms with van der Waals surface area (Å²) in [7, 11) is 0. The van der Waals surface area contributed by atoms with Crippen LogP contribution in [0.5, 0.6) is 0 Å². The average molecular weight is 649 g/mol. The van der Waals surface area contributed by atoms with Crippen molar-refractivity contribution in [1.82, 2.24) is 0 Å². The maximum atomic E-state index is 12.4. The maximum absolute atomic E-state index is 12.4. The number of carbonyl (C=O) groups is 2. The van der Waals surface area contributed by atoms with Crippen LogP contribution < -0.4 is 0 Å². The quantitative estimate of drug-likeness (QED) is 0.0411. The molecule has 0 amide bonds. The molecule has 0 heterocycles. The van der Waals surface area contributed by atoms with Crippen molar-refractivity contribution in [3.05, 3.63) is 12.2 Å². The van der Waals surface area contributed by atoms with Crippen LogP contribution in [0.25, 0.3) is 0 Å². The number of hydrogen-bond acceptors (Lipinski definition) is 3. The molecule has 0 aliphatic rings. The number of rotatable bonds is 38. The zero-order chi connectivity index (χ0) is 33.6. The van der Waals surface area contributed by atoms with E-state index in [0.717, 1.165) is 32.1 Å². The monoisotopic (exact) mass is 649 g/mol. The number of allylic oxidation sites excluding steroid dienone is 2. The molecular weight excluding hydrogens is 568 g/mol. The summed E-state index contributed by atoms with van der Waals surface area (Å²) in [4.78, 5) is 23.6. The fourth-order valence-corrected chi connectivity index (χ4v) is 6.41. The molecule has 0 radical (unpaired) electrons. The lowest BCUT2D eigenvalue weighted by Gasteiger charge is -2.17. The van der Waals surface area contributed by atoms with E-state index in [2.05, 4.69) is 26.0 Å². The Hall–Kier alpha value is -1.32. The Morgan fingerprint density at radius 3 is 1.20 bits per heavy atom. The van der Waals surface area contributed by atoms with Crippen LogP contribution in [0, 0.1) is 0 Å². The highest BCUT2D eigenvalue weighted by Gasteiger charge is 2.16. The summed E-state index contributed by atoms with van der Waals surface area (Å²) in [5, 5.41) is 9.13. The Kier molecular flexibility index (Phi) is 37.0. The molecule has 0 spiro atoms. The number of aliphatic carboxylic acids is 1. The van der Waals surface area contributed by atoms with Gasteiger partial charge in [-0.3, -0.25) is 9.59 Å². The Morgan fingerprint density at radius 2 is 0.804 bits per heavy atom. The van der Waals surface area contributed by atoms with Gasteiger partial charge in [0.1, 0.15) is 6.10 Å². The van der Waals surface area contributed by atoms with Gasteiger partial charge in [-0.05, 0) is 51.4 Å². The van der Waals surface area contributed by atoms with Gasteiger partial charge in [-0.2, -0.15) is 0 Å². The highest BCUT2D eigenvalue weighted by atomic mass is 16.5. The summed E-state index contributed by atoms with van der Waals surface area (Å²) < 4.78 is 5.74. The van der Waals surface area contributed by atoms with E-state index in [1.165, 1.54) is 173 Å². The summed E-state index contributed by atoms with van der Waals surface area (Å²) in [6, 6.07) is 0. The second kappa shape index (κ2) is 38.1. The SMILES string of the molecule is CCCCCCCC/C=C\CCCCCCCC(=O)OC(CCCCCCCCCCCCCCCCCCCC)CCC(=O)O. The van der Waals surface area contributed by atoms with Gasteiger partial charge in [0.05, 0.1) is 0 Å². The molecule has 4 heteroatoms. The molecule has 0 saturated heterocycles. The Morgan fingerprint density at radius 1 is 0.457 bits per heavy atom. The smallest absolute Gasteiger partial charge is 0.306 e. The zero-order valence-corrected chi connectivity index (χ0v) is 31.2. The molecule has 1 unspecified atom stereocenters. The van der Waals surface area contributed by atoms with Crippen LogP contribution in [-0.4, -0.2) is 23.1 Å². The van der Waals surface area contributed by atoms with Gasteiger partial charge < -0.3 is 9.84 Å². The van der Waals surface area contributed by atoms with Gasteiger partial charge in [0.15, 0.2) is 0 Å². The third-order valence-electron chi connectivity index (χ3n) is 9.50. The Bertz CT molecular complexity index is 658. The third kappa shape index (κ3) is 37.1. The summed E-state index contributed by atoms with van der Waals surface area (Å²) in [6.45, 7) is 4.55. The van der Waals surface area contributed by atoms with E-state index in [0.29, 0.717) is 12.8 Å². The summed E-state index contributed by atoms with van der Waals surface area (Å²) >= 11 is 0. The van der Waals surface area contributed by atoms with Crippen molar-refractivity contribution >= 4 is 11.9 Å². The van der Waals surface area contributed by atoms with Crippen LogP contribution >= 0.6 is 0 Å². The maximum Gasteiger partial charge on any atom is 0.306 e. The van der Waals surface area contributed by atoms with Crippen molar-refractivity contribution in [2.24, 2.45) is 0 Å². The fraction of sp³-hybridized carbons (Fsp3) is 0.905. The Balaban J connectivity index is 3.70. The second-order valence-electron chi connectivity index (χ2n) is 14.2. The molecule has 0 aromatic rings. The number of carboxylic acid groups (broad SMARTS) is 1. The molecule has 4 nitrogen and oxygen atoms in total.